The van der Waals surface area contributed by atoms with Gasteiger partial charge in [-0.25, -0.2) is 4.39 Å². The average Bonchev–Trinajstić information content (AvgIpc) is 2.80. The van der Waals surface area contributed by atoms with E-state index in [1.54, 1.807) is 0 Å². The number of hydrogen-bond acceptors (Lipinski definition) is 3. The average molecular weight is 364 g/mol. The van der Waals surface area contributed by atoms with Crippen LogP contribution in [-0.4, -0.2) is 23.8 Å². The molecule has 0 aromatic heterocycles. The van der Waals surface area contributed by atoms with Gasteiger partial charge in [0.05, 0.1) is 11.1 Å². The normalized spacial score (nSPS) is 15.0. The van der Waals surface area contributed by atoms with E-state index in [0.29, 0.717) is 0 Å². The first-order valence-corrected chi connectivity index (χ1v) is 7.45. The molecule has 1 N–H and O–H groups in total. The third-order valence-corrected chi connectivity index (χ3v) is 3.88. The lowest BCUT2D eigenvalue weighted by molar-refractivity contribution is -0.137. The molecule has 2 aromatic rings. The highest BCUT2D eigenvalue weighted by Crippen LogP contribution is 2.33. The summed E-state index contributed by atoms with van der Waals surface area (Å²) in [5.41, 5.74) is -0.802. The van der Waals surface area contributed by atoms with Crippen molar-refractivity contribution in [1.29, 1.82) is 0 Å². The largest absolute Gasteiger partial charge is 0.416 e. The number of anilines is 1. The molecule has 1 aliphatic rings. The summed E-state index contributed by atoms with van der Waals surface area (Å²) in [6.45, 7) is 0. The maximum absolute atomic E-state index is 13.1. The van der Waals surface area contributed by atoms with E-state index in [4.69, 9.17) is 0 Å². The minimum atomic E-state index is -4.54. The number of imide groups is 1. The Labute approximate surface area is 145 Å². The monoisotopic (exact) mass is 364 g/mol. The molecule has 0 aliphatic carbocycles. The Morgan fingerprint density at radius 3 is 2.23 bits per heavy atom. The third-order valence-electron chi connectivity index (χ3n) is 3.88. The minimum absolute atomic E-state index is 0.00545. The van der Waals surface area contributed by atoms with Crippen LogP contribution in [0.3, 0.4) is 0 Å². The Kier molecular flexibility index (Phi) is 4.27. The predicted octanol–water partition coefficient (Wildman–Crippen LogP) is 3.67. The molecule has 134 valence electrons. The lowest BCUT2D eigenvalue weighted by Gasteiger charge is -2.12. The SMILES string of the molecule is CN1C(=O)C(Nc2cccc(C(F)(F)F)c2)=C(c2ccc(F)cc2)C1=O. The van der Waals surface area contributed by atoms with Crippen molar-refractivity contribution in [3.8, 4) is 0 Å². The van der Waals surface area contributed by atoms with E-state index in [2.05, 4.69) is 5.32 Å². The number of rotatable bonds is 3. The first-order valence-electron chi connectivity index (χ1n) is 7.45. The number of carbonyl (C=O) groups excluding carboxylic acids is 2. The van der Waals surface area contributed by atoms with Crippen molar-refractivity contribution in [2.45, 2.75) is 6.18 Å². The van der Waals surface area contributed by atoms with Gasteiger partial charge < -0.3 is 5.32 Å². The number of nitrogens with one attached hydrogen (secondary N) is 1. The molecular formula is C18H12F4N2O2. The van der Waals surface area contributed by atoms with Gasteiger partial charge >= 0.3 is 6.18 Å². The highest BCUT2D eigenvalue weighted by atomic mass is 19.4. The third kappa shape index (κ3) is 3.17. The number of nitrogens with zero attached hydrogens (tertiary/aromatic N) is 1. The van der Waals surface area contributed by atoms with Crippen LogP contribution >= 0.6 is 0 Å². The lowest BCUT2D eigenvalue weighted by Crippen LogP contribution is -2.27. The highest BCUT2D eigenvalue weighted by Gasteiger charge is 2.37. The zero-order valence-corrected chi connectivity index (χ0v) is 13.4. The fraction of sp³-hybridized carbons (Fsp3) is 0.111. The van der Waals surface area contributed by atoms with Gasteiger partial charge in [-0.1, -0.05) is 18.2 Å². The van der Waals surface area contributed by atoms with Crippen molar-refractivity contribution in [2.24, 2.45) is 0 Å². The molecule has 3 rings (SSSR count). The molecule has 2 aromatic carbocycles. The molecule has 0 bridgehead atoms. The zero-order valence-electron chi connectivity index (χ0n) is 13.4. The summed E-state index contributed by atoms with van der Waals surface area (Å²) in [7, 11) is 1.26. The van der Waals surface area contributed by atoms with Crippen molar-refractivity contribution in [3.63, 3.8) is 0 Å². The van der Waals surface area contributed by atoms with Gasteiger partial charge in [0.25, 0.3) is 11.8 Å². The minimum Gasteiger partial charge on any atom is -0.350 e. The molecule has 0 radical (unpaired) electrons. The number of carbonyl (C=O) groups is 2. The van der Waals surface area contributed by atoms with Crippen molar-refractivity contribution in [2.75, 3.05) is 12.4 Å². The zero-order chi connectivity index (χ0) is 19.1. The highest BCUT2D eigenvalue weighted by molar-refractivity contribution is 6.36. The molecule has 2 amide bonds. The first-order chi connectivity index (χ1) is 12.2. The molecule has 8 heteroatoms. The van der Waals surface area contributed by atoms with Crippen LogP contribution in [0.2, 0.25) is 0 Å². The quantitative estimate of drug-likeness (QED) is 0.668. The number of halogens is 4. The summed E-state index contributed by atoms with van der Waals surface area (Å²) in [6.07, 6.45) is -4.54. The van der Waals surface area contributed by atoms with Crippen molar-refractivity contribution >= 4 is 23.1 Å². The first kappa shape index (κ1) is 17.7. The van der Waals surface area contributed by atoms with Gasteiger partial charge in [-0.15, -0.1) is 0 Å². The summed E-state index contributed by atoms with van der Waals surface area (Å²) in [5, 5.41) is 2.60. The van der Waals surface area contributed by atoms with Gasteiger partial charge in [-0.05, 0) is 35.9 Å². The number of benzene rings is 2. The molecule has 0 spiro atoms. The van der Waals surface area contributed by atoms with Crippen molar-refractivity contribution in [3.05, 3.63) is 71.2 Å². The number of hydrogen-bond donors (Lipinski definition) is 1. The van der Waals surface area contributed by atoms with E-state index in [1.807, 2.05) is 0 Å². The van der Waals surface area contributed by atoms with E-state index >= 15 is 0 Å². The van der Waals surface area contributed by atoms with Gasteiger partial charge in [-0.2, -0.15) is 13.2 Å². The maximum atomic E-state index is 13.1. The van der Waals surface area contributed by atoms with Crippen LogP contribution in [0.25, 0.3) is 5.57 Å². The van der Waals surface area contributed by atoms with E-state index in [9.17, 15) is 27.2 Å². The van der Waals surface area contributed by atoms with Crippen LogP contribution in [0.15, 0.2) is 54.2 Å². The topological polar surface area (TPSA) is 49.4 Å². The van der Waals surface area contributed by atoms with Crippen molar-refractivity contribution < 1.29 is 27.2 Å². The number of likely N-dealkylation sites (N-methyl/N-ethyl adjacent to an activating group) is 1. The second kappa shape index (κ2) is 6.29. The Morgan fingerprint density at radius 1 is 0.962 bits per heavy atom. The van der Waals surface area contributed by atoms with Crippen LogP contribution in [-0.2, 0) is 15.8 Å². The summed E-state index contributed by atoms with van der Waals surface area (Å²) < 4.78 is 51.7. The summed E-state index contributed by atoms with van der Waals surface area (Å²) in [6, 6.07) is 9.17. The summed E-state index contributed by atoms with van der Waals surface area (Å²) >= 11 is 0. The van der Waals surface area contributed by atoms with Gasteiger partial charge in [0, 0.05) is 12.7 Å². The molecule has 0 fully saturated rings. The smallest absolute Gasteiger partial charge is 0.350 e. The second-order valence-corrected chi connectivity index (χ2v) is 5.63. The molecule has 1 heterocycles. The fourth-order valence-corrected chi connectivity index (χ4v) is 2.56. The molecule has 0 saturated heterocycles. The van der Waals surface area contributed by atoms with E-state index < -0.39 is 29.4 Å². The molecule has 0 saturated carbocycles. The molecule has 0 unspecified atom stereocenters. The Bertz CT molecular complexity index is 918. The number of amides is 2. The summed E-state index contributed by atoms with van der Waals surface area (Å²) in [4.78, 5) is 25.5. The molecular weight excluding hydrogens is 352 g/mol. The van der Waals surface area contributed by atoms with Crippen LogP contribution < -0.4 is 5.32 Å². The number of alkyl halides is 3. The molecule has 4 nitrogen and oxygen atoms in total. The maximum Gasteiger partial charge on any atom is 0.416 e. The molecule has 0 atom stereocenters. The van der Waals surface area contributed by atoms with Gasteiger partial charge in [0.1, 0.15) is 11.5 Å². The molecule has 26 heavy (non-hydrogen) atoms. The van der Waals surface area contributed by atoms with Crippen LogP contribution in [0.4, 0.5) is 23.2 Å². The Hall–Kier alpha value is -3.16. The Morgan fingerprint density at radius 2 is 1.62 bits per heavy atom. The lowest BCUT2D eigenvalue weighted by atomic mass is 10.0. The van der Waals surface area contributed by atoms with Gasteiger partial charge in [0.15, 0.2) is 0 Å². The van der Waals surface area contributed by atoms with Crippen molar-refractivity contribution in [1.82, 2.24) is 4.90 Å². The van der Waals surface area contributed by atoms with Gasteiger partial charge in [-0.3, -0.25) is 14.5 Å². The fourth-order valence-electron chi connectivity index (χ4n) is 2.56. The standard InChI is InChI=1S/C18H12F4N2O2/c1-24-16(25)14(10-5-7-12(19)8-6-10)15(17(24)26)23-13-4-2-3-11(9-13)18(20,21)22/h2-9,23H,1H3. The summed E-state index contributed by atoms with van der Waals surface area (Å²) in [5.74, 6) is -1.84. The predicted molar refractivity (Wildman–Crippen MR) is 86.2 cm³/mol. The van der Waals surface area contributed by atoms with Gasteiger partial charge in [0.2, 0.25) is 0 Å². The van der Waals surface area contributed by atoms with E-state index in [-0.39, 0.29) is 22.5 Å². The van der Waals surface area contributed by atoms with Crippen LogP contribution in [0.5, 0.6) is 0 Å². The van der Waals surface area contributed by atoms with Crippen LogP contribution in [0, 0.1) is 5.82 Å². The molecule has 1 aliphatic heterocycles. The Balaban J connectivity index is 2.06. The second-order valence-electron chi connectivity index (χ2n) is 5.63. The van der Waals surface area contributed by atoms with E-state index in [1.165, 1.54) is 31.3 Å². The van der Waals surface area contributed by atoms with E-state index in [0.717, 1.165) is 29.2 Å². The van der Waals surface area contributed by atoms with Crippen LogP contribution in [0.1, 0.15) is 11.1 Å².